The fourth-order valence-corrected chi connectivity index (χ4v) is 3.96. The largest absolute Gasteiger partial charge is 0.497 e. The normalized spacial score (nSPS) is 22.0. The highest BCUT2D eigenvalue weighted by Gasteiger charge is 2.47. The van der Waals surface area contributed by atoms with Crippen molar-refractivity contribution in [3.05, 3.63) is 83.9 Å². The third-order valence-corrected chi connectivity index (χ3v) is 5.44. The second-order valence-corrected chi connectivity index (χ2v) is 7.34. The van der Waals surface area contributed by atoms with Crippen molar-refractivity contribution in [1.29, 1.82) is 0 Å². The van der Waals surface area contributed by atoms with E-state index in [1.807, 2.05) is 61.5 Å². The van der Waals surface area contributed by atoms with Crippen LogP contribution in [0.3, 0.4) is 0 Å². The number of imidazole rings is 1. The number of aromatic nitrogens is 2. The van der Waals surface area contributed by atoms with Crippen LogP contribution in [0, 0.1) is 5.92 Å². The molecule has 3 atom stereocenters. The van der Waals surface area contributed by atoms with Crippen molar-refractivity contribution in [2.24, 2.45) is 13.0 Å². The average Bonchev–Trinajstić information content (AvgIpc) is 3.31. The number of carbonyl (C=O) groups excluding carboxylic acids is 1. The van der Waals surface area contributed by atoms with Gasteiger partial charge in [0, 0.05) is 26.0 Å². The topological polar surface area (TPSA) is 56.6 Å². The summed E-state index contributed by atoms with van der Waals surface area (Å²) in [6.45, 7) is 2.54. The molecule has 0 bridgehead atoms. The number of ketones is 1. The van der Waals surface area contributed by atoms with Gasteiger partial charge in [-0.1, -0.05) is 42.5 Å². The van der Waals surface area contributed by atoms with Crippen molar-refractivity contribution in [2.45, 2.75) is 25.6 Å². The highest BCUT2D eigenvalue weighted by Crippen LogP contribution is 2.42. The summed E-state index contributed by atoms with van der Waals surface area (Å²) in [5, 5.41) is 1.92. The summed E-state index contributed by atoms with van der Waals surface area (Å²) < 4.78 is 7.06. The van der Waals surface area contributed by atoms with Crippen LogP contribution < -0.4 is 4.74 Å². The van der Waals surface area contributed by atoms with Crippen LogP contribution in [0.4, 0.5) is 0 Å². The number of hydrogen-bond donors (Lipinski definition) is 0. The Morgan fingerprint density at radius 3 is 2.48 bits per heavy atom. The number of Topliss-reactive ketones (excluding diaryl/α,β-unsaturated/α-hetero) is 1. The summed E-state index contributed by atoms with van der Waals surface area (Å²) in [4.78, 5) is 23.9. The predicted molar refractivity (Wildman–Crippen MR) is 109 cm³/mol. The van der Waals surface area contributed by atoms with Gasteiger partial charge in [-0.05, 0) is 30.2 Å². The predicted octanol–water partition coefficient (Wildman–Crippen LogP) is 3.80. The molecule has 29 heavy (non-hydrogen) atoms. The lowest BCUT2D eigenvalue weighted by Gasteiger charge is -2.26. The smallest absolute Gasteiger partial charge is 0.205 e. The summed E-state index contributed by atoms with van der Waals surface area (Å²) in [7, 11) is 3.48. The van der Waals surface area contributed by atoms with Crippen LogP contribution in [0.1, 0.15) is 34.7 Å². The van der Waals surface area contributed by atoms with Crippen molar-refractivity contribution in [3.63, 3.8) is 0 Å². The van der Waals surface area contributed by atoms with E-state index in [2.05, 4.69) is 17.1 Å². The van der Waals surface area contributed by atoms with Gasteiger partial charge < -0.3 is 9.30 Å². The van der Waals surface area contributed by atoms with E-state index < -0.39 is 0 Å². The minimum atomic E-state index is -0.367. The minimum Gasteiger partial charge on any atom is -0.497 e. The molecule has 1 aliphatic rings. The number of methoxy groups -OCH3 is 1. The van der Waals surface area contributed by atoms with Crippen LogP contribution >= 0.6 is 0 Å². The number of nitrogens with zero attached hydrogens (tertiary/aromatic N) is 3. The fraction of sp³-hybridized carbons (Fsp3) is 0.304. The first-order chi connectivity index (χ1) is 14.1. The molecule has 0 radical (unpaired) electrons. The van der Waals surface area contributed by atoms with Crippen LogP contribution in [-0.4, -0.2) is 33.6 Å². The van der Waals surface area contributed by atoms with Crippen LogP contribution in [0.25, 0.3) is 0 Å². The van der Waals surface area contributed by atoms with E-state index in [-0.39, 0.29) is 23.8 Å². The van der Waals surface area contributed by atoms with Crippen LogP contribution in [0.5, 0.6) is 5.75 Å². The zero-order valence-electron chi connectivity index (χ0n) is 16.9. The molecule has 150 valence electrons. The molecule has 1 aromatic heterocycles. The SMILES string of the molecule is COc1ccc([C@H]2[C@H](C(=O)c3nccn3C)[C@@H](C)ON2Cc2ccccc2)cc1. The minimum absolute atomic E-state index is 0.0126. The van der Waals surface area contributed by atoms with E-state index in [9.17, 15) is 4.79 Å². The number of hydroxylamine groups is 2. The maximum atomic E-state index is 13.4. The van der Waals surface area contributed by atoms with Gasteiger partial charge in [0.05, 0.1) is 25.2 Å². The lowest BCUT2D eigenvalue weighted by molar-refractivity contribution is -0.166. The van der Waals surface area contributed by atoms with Crippen molar-refractivity contribution in [1.82, 2.24) is 14.6 Å². The van der Waals surface area contributed by atoms with E-state index in [0.717, 1.165) is 16.9 Å². The molecular weight excluding hydrogens is 366 g/mol. The molecule has 1 aliphatic heterocycles. The molecule has 6 nitrogen and oxygen atoms in total. The number of hydrogen-bond acceptors (Lipinski definition) is 5. The van der Waals surface area contributed by atoms with Crippen LogP contribution in [0.2, 0.25) is 0 Å². The van der Waals surface area contributed by atoms with Crippen molar-refractivity contribution in [2.75, 3.05) is 7.11 Å². The van der Waals surface area contributed by atoms with Crippen LogP contribution in [0.15, 0.2) is 67.0 Å². The monoisotopic (exact) mass is 391 g/mol. The van der Waals surface area contributed by atoms with Gasteiger partial charge in [-0.25, -0.2) is 4.98 Å². The Balaban J connectivity index is 1.71. The number of ether oxygens (including phenoxy) is 1. The molecule has 2 aromatic carbocycles. The molecule has 0 saturated carbocycles. The van der Waals surface area contributed by atoms with Gasteiger partial charge in [-0.3, -0.25) is 9.63 Å². The number of aryl methyl sites for hydroxylation is 1. The summed E-state index contributed by atoms with van der Waals surface area (Å²) >= 11 is 0. The van der Waals surface area contributed by atoms with Gasteiger partial charge in [-0.2, -0.15) is 5.06 Å². The molecule has 4 rings (SSSR count). The third-order valence-electron chi connectivity index (χ3n) is 5.44. The van der Waals surface area contributed by atoms with Gasteiger partial charge in [0.2, 0.25) is 5.78 Å². The zero-order valence-corrected chi connectivity index (χ0v) is 16.9. The van der Waals surface area contributed by atoms with Crippen LogP contribution in [-0.2, 0) is 18.4 Å². The Morgan fingerprint density at radius 1 is 1.14 bits per heavy atom. The molecule has 0 N–H and O–H groups in total. The Morgan fingerprint density at radius 2 is 1.86 bits per heavy atom. The zero-order chi connectivity index (χ0) is 20.4. The Hall–Kier alpha value is -2.96. The van der Waals surface area contributed by atoms with Gasteiger partial charge in [0.25, 0.3) is 0 Å². The van der Waals surface area contributed by atoms with Crippen molar-refractivity contribution < 1.29 is 14.4 Å². The molecule has 0 spiro atoms. The molecule has 0 amide bonds. The molecule has 1 saturated heterocycles. The lowest BCUT2D eigenvalue weighted by atomic mass is 9.86. The first-order valence-corrected chi connectivity index (χ1v) is 9.71. The lowest BCUT2D eigenvalue weighted by Crippen LogP contribution is -2.30. The Bertz CT molecular complexity index is 969. The highest BCUT2D eigenvalue weighted by molar-refractivity contribution is 5.96. The number of carbonyl (C=O) groups is 1. The summed E-state index contributed by atoms with van der Waals surface area (Å²) in [6.07, 6.45) is 3.17. The van der Waals surface area contributed by atoms with E-state index in [0.29, 0.717) is 12.4 Å². The van der Waals surface area contributed by atoms with Gasteiger partial charge in [0.1, 0.15) is 5.75 Å². The van der Waals surface area contributed by atoms with E-state index in [1.54, 1.807) is 24.1 Å². The maximum Gasteiger partial charge on any atom is 0.205 e. The van der Waals surface area contributed by atoms with Crippen molar-refractivity contribution in [3.8, 4) is 5.75 Å². The first kappa shape index (κ1) is 19.4. The molecule has 6 heteroatoms. The highest BCUT2D eigenvalue weighted by atomic mass is 16.7. The Kier molecular flexibility index (Phi) is 5.47. The quantitative estimate of drug-likeness (QED) is 0.598. The van der Waals surface area contributed by atoms with Gasteiger partial charge >= 0.3 is 0 Å². The second kappa shape index (κ2) is 8.19. The number of benzene rings is 2. The van der Waals surface area contributed by atoms with E-state index >= 15 is 0 Å². The molecule has 2 heterocycles. The molecular formula is C23H25N3O3. The Labute approximate surface area is 170 Å². The second-order valence-electron chi connectivity index (χ2n) is 7.34. The summed E-state index contributed by atoms with van der Waals surface area (Å²) in [5.41, 5.74) is 2.14. The van der Waals surface area contributed by atoms with Gasteiger partial charge in [0.15, 0.2) is 5.82 Å². The van der Waals surface area contributed by atoms with Crippen molar-refractivity contribution >= 4 is 5.78 Å². The molecule has 1 fully saturated rings. The molecule has 0 unspecified atom stereocenters. The standard InChI is InChI=1S/C23H25N3O3/c1-16-20(22(27)23-24-13-14-25(23)2)21(18-9-11-19(28-3)12-10-18)26(29-16)15-17-7-5-4-6-8-17/h4-14,16,20-21H,15H2,1-3H3/t16-,20-,21+/m1/s1. The summed E-state index contributed by atoms with van der Waals surface area (Å²) in [6, 6.07) is 17.7. The van der Waals surface area contributed by atoms with E-state index in [1.165, 1.54) is 0 Å². The summed E-state index contributed by atoms with van der Waals surface area (Å²) in [5.74, 6) is 0.849. The van der Waals surface area contributed by atoms with E-state index in [4.69, 9.17) is 9.57 Å². The van der Waals surface area contributed by atoms with Gasteiger partial charge in [-0.15, -0.1) is 0 Å². The average molecular weight is 391 g/mol. The third kappa shape index (κ3) is 3.81. The molecule has 3 aromatic rings. The maximum absolute atomic E-state index is 13.4. The number of rotatable bonds is 6. The fourth-order valence-electron chi connectivity index (χ4n) is 3.96. The first-order valence-electron chi connectivity index (χ1n) is 9.71. The molecule has 0 aliphatic carbocycles.